The Labute approximate surface area is 164 Å². The second kappa shape index (κ2) is 7.50. The Morgan fingerprint density at radius 1 is 1.14 bits per heavy atom. The summed E-state index contributed by atoms with van der Waals surface area (Å²) in [5, 5.41) is 4.34. The molecule has 0 unspecified atom stereocenters. The molecule has 0 aliphatic heterocycles. The van der Waals surface area contributed by atoms with Gasteiger partial charge in [-0.05, 0) is 36.1 Å². The lowest BCUT2D eigenvalue weighted by atomic mass is 10.0. The third kappa shape index (κ3) is 3.65. The lowest BCUT2D eigenvalue weighted by Gasteiger charge is -2.18. The number of fused-ring (bicyclic) bond motifs is 2. The van der Waals surface area contributed by atoms with Crippen molar-refractivity contribution in [1.82, 2.24) is 19.9 Å². The zero-order valence-electron chi connectivity index (χ0n) is 16.6. The Morgan fingerprint density at radius 2 is 1.89 bits per heavy atom. The molecular formula is C23H26N4O. The van der Waals surface area contributed by atoms with E-state index in [1.54, 1.807) is 0 Å². The highest BCUT2D eigenvalue weighted by Crippen LogP contribution is 2.24. The van der Waals surface area contributed by atoms with E-state index in [4.69, 9.17) is 4.98 Å². The van der Waals surface area contributed by atoms with Crippen molar-refractivity contribution in [2.75, 3.05) is 0 Å². The molecule has 2 aromatic carbocycles. The molecule has 5 nitrogen and oxygen atoms in total. The molecule has 0 aliphatic rings. The number of rotatable bonds is 6. The Bertz CT molecular complexity index is 1090. The van der Waals surface area contributed by atoms with Gasteiger partial charge in [-0.25, -0.2) is 4.98 Å². The summed E-state index contributed by atoms with van der Waals surface area (Å²) in [5.74, 6) is 1.28. The van der Waals surface area contributed by atoms with Gasteiger partial charge < -0.3 is 14.9 Å². The number of hydrogen-bond acceptors (Lipinski definition) is 2. The van der Waals surface area contributed by atoms with Gasteiger partial charge in [0.1, 0.15) is 5.82 Å². The van der Waals surface area contributed by atoms with Gasteiger partial charge in [0.2, 0.25) is 5.91 Å². The van der Waals surface area contributed by atoms with E-state index in [9.17, 15) is 4.79 Å². The SMILES string of the molecule is CC(C)C[C@@H](NC(=O)Cc1cn(C)c2ccccc12)c1nc2ccccc2[nH]1. The van der Waals surface area contributed by atoms with E-state index in [0.717, 1.165) is 39.7 Å². The topological polar surface area (TPSA) is 62.7 Å². The molecule has 0 radical (unpaired) electrons. The summed E-state index contributed by atoms with van der Waals surface area (Å²) in [5.41, 5.74) is 4.11. The summed E-state index contributed by atoms with van der Waals surface area (Å²) in [7, 11) is 2.01. The van der Waals surface area contributed by atoms with Crippen LogP contribution < -0.4 is 5.32 Å². The molecule has 0 saturated carbocycles. The fourth-order valence-electron chi connectivity index (χ4n) is 3.83. The Hall–Kier alpha value is -3.08. The third-order valence-electron chi connectivity index (χ3n) is 5.11. The lowest BCUT2D eigenvalue weighted by molar-refractivity contribution is -0.121. The van der Waals surface area contributed by atoms with E-state index in [1.165, 1.54) is 0 Å². The average Bonchev–Trinajstić information content (AvgIpc) is 3.23. The van der Waals surface area contributed by atoms with Crippen LogP contribution in [0.1, 0.15) is 37.7 Å². The number of aryl methyl sites for hydroxylation is 1. The maximum absolute atomic E-state index is 12.9. The number of nitrogens with one attached hydrogen (secondary N) is 2. The minimum atomic E-state index is -0.130. The van der Waals surface area contributed by atoms with Gasteiger partial charge in [0.25, 0.3) is 0 Å². The van der Waals surface area contributed by atoms with E-state index < -0.39 is 0 Å². The zero-order chi connectivity index (χ0) is 19.7. The first kappa shape index (κ1) is 18.3. The molecule has 0 saturated heterocycles. The number of aromatic amines is 1. The van der Waals surface area contributed by atoms with Crippen LogP contribution in [0.3, 0.4) is 0 Å². The summed E-state index contributed by atoms with van der Waals surface area (Å²) < 4.78 is 2.07. The molecule has 0 bridgehead atoms. The molecule has 2 N–H and O–H groups in total. The van der Waals surface area contributed by atoms with Crippen molar-refractivity contribution in [1.29, 1.82) is 0 Å². The predicted octanol–water partition coefficient (Wildman–Crippen LogP) is 4.50. The van der Waals surface area contributed by atoms with Gasteiger partial charge in [-0.1, -0.05) is 44.2 Å². The number of amides is 1. The number of aromatic nitrogens is 3. The summed E-state index contributed by atoms with van der Waals surface area (Å²) in [6, 6.07) is 16.0. The Balaban J connectivity index is 1.56. The second-order valence-corrected chi connectivity index (χ2v) is 7.85. The first-order valence-electron chi connectivity index (χ1n) is 9.78. The summed E-state index contributed by atoms with van der Waals surface area (Å²) in [4.78, 5) is 21.0. The van der Waals surface area contributed by atoms with Gasteiger partial charge in [0.15, 0.2) is 0 Å². The molecule has 144 valence electrons. The van der Waals surface area contributed by atoms with Crippen molar-refractivity contribution in [2.24, 2.45) is 13.0 Å². The smallest absolute Gasteiger partial charge is 0.225 e. The van der Waals surface area contributed by atoms with Crippen LogP contribution in [0.25, 0.3) is 21.9 Å². The van der Waals surface area contributed by atoms with Crippen molar-refractivity contribution < 1.29 is 4.79 Å². The number of carbonyl (C=O) groups is 1. The molecule has 4 aromatic rings. The minimum absolute atomic E-state index is 0.0162. The quantitative estimate of drug-likeness (QED) is 0.522. The molecule has 2 aromatic heterocycles. The van der Waals surface area contributed by atoms with Crippen molar-refractivity contribution in [3.8, 4) is 0 Å². The molecule has 2 heterocycles. The highest BCUT2D eigenvalue weighted by atomic mass is 16.1. The van der Waals surface area contributed by atoms with Crippen LogP contribution in [0.5, 0.6) is 0 Å². The first-order chi connectivity index (χ1) is 13.5. The fraction of sp³-hybridized carbons (Fsp3) is 0.304. The van der Waals surface area contributed by atoms with Crippen LogP contribution in [0.2, 0.25) is 0 Å². The highest BCUT2D eigenvalue weighted by molar-refractivity contribution is 5.89. The van der Waals surface area contributed by atoms with Crippen LogP contribution in [0.15, 0.2) is 54.7 Å². The van der Waals surface area contributed by atoms with Crippen LogP contribution >= 0.6 is 0 Å². The van der Waals surface area contributed by atoms with Crippen molar-refractivity contribution in [3.63, 3.8) is 0 Å². The van der Waals surface area contributed by atoms with Crippen LogP contribution in [0.4, 0.5) is 0 Å². The molecule has 28 heavy (non-hydrogen) atoms. The predicted molar refractivity (Wildman–Crippen MR) is 113 cm³/mol. The molecule has 1 atom stereocenters. The normalized spacial score (nSPS) is 12.7. The average molecular weight is 374 g/mol. The Kier molecular flexibility index (Phi) is 4.90. The molecule has 5 heteroatoms. The van der Waals surface area contributed by atoms with E-state index >= 15 is 0 Å². The van der Waals surface area contributed by atoms with Gasteiger partial charge in [-0.3, -0.25) is 4.79 Å². The number of carbonyl (C=O) groups excluding carboxylic acids is 1. The van der Waals surface area contributed by atoms with Gasteiger partial charge in [0.05, 0.1) is 23.5 Å². The Morgan fingerprint density at radius 3 is 2.68 bits per heavy atom. The van der Waals surface area contributed by atoms with Crippen molar-refractivity contribution in [2.45, 2.75) is 32.7 Å². The molecule has 0 fully saturated rings. The van der Waals surface area contributed by atoms with Crippen molar-refractivity contribution in [3.05, 3.63) is 66.1 Å². The number of imidazole rings is 1. The maximum atomic E-state index is 12.9. The van der Waals surface area contributed by atoms with Crippen LogP contribution in [0, 0.1) is 5.92 Å². The number of hydrogen-bond donors (Lipinski definition) is 2. The second-order valence-electron chi connectivity index (χ2n) is 7.85. The van der Waals surface area contributed by atoms with E-state index in [0.29, 0.717) is 12.3 Å². The molecule has 1 amide bonds. The summed E-state index contributed by atoms with van der Waals surface area (Å²) >= 11 is 0. The molecule has 0 spiro atoms. The van der Waals surface area contributed by atoms with E-state index in [2.05, 4.69) is 40.8 Å². The number of nitrogens with zero attached hydrogens (tertiary/aromatic N) is 2. The molecular weight excluding hydrogens is 348 g/mol. The molecule has 0 aliphatic carbocycles. The first-order valence-corrected chi connectivity index (χ1v) is 9.78. The summed E-state index contributed by atoms with van der Waals surface area (Å²) in [6.45, 7) is 4.32. The highest BCUT2D eigenvalue weighted by Gasteiger charge is 2.20. The number of H-pyrrole nitrogens is 1. The minimum Gasteiger partial charge on any atom is -0.350 e. The number of para-hydroxylation sites is 3. The zero-order valence-corrected chi connectivity index (χ0v) is 16.6. The van der Waals surface area contributed by atoms with E-state index in [-0.39, 0.29) is 11.9 Å². The largest absolute Gasteiger partial charge is 0.350 e. The van der Waals surface area contributed by atoms with Gasteiger partial charge in [-0.15, -0.1) is 0 Å². The molecule has 4 rings (SSSR count). The van der Waals surface area contributed by atoms with Gasteiger partial charge in [0, 0.05) is 24.1 Å². The lowest BCUT2D eigenvalue weighted by Crippen LogP contribution is -2.31. The van der Waals surface area contributed by atoms with Gasteiger partial charge in [-0.2, -0.15) is 0 Å². The fourth-order valence-corrected chi connectivity index (χ4v) is 3.83. The number of benzene rings is 2. The monoisotopic (exact) mass is 374 g/mol. The third-order valence-corrected chi connectivity index (χ3v) is 5.11. The standard InChI is InChI=1S/C23H26N4O/c1-15(2)12-20(23-25-18-9-5-6-10-19(18)26-23)24-22(28)13-16-14-27(3)21-11-7-4-8-17(16)21/h4-11,14-15,20H,12-13H2,1-3H3,(H,24,28)(H,25,26)/t20-/m1/s1. The van der Waals surface area contributed by atoms with Crippen molar-refractivity contribution >= 4 is 27.8 Å². The van der Waals surface area contributed by atoms with Crippen LogP contribution in [-0.4, -0.2) is 20.4 Å². The van der Waals surface area contributed by atoms with E-state index in [1.807, 2.05) is 49.6 Å². The maximum Gasteiger partial charge on any atom is 0.225 e. The van der Waals surface area contributed by atoms with Gasteiger partial charge >= 0.3 is 0 Å². The summed E-state index contributed by atoms with van der Waals surface area (Å²) in [6.07, 6.45) is 3.24. The van der Waals surface area contributed by atoms with Crippen LogP contribution in [-0.2, 0) is 18.3 Å².